The summed E-state index contributed by atoms with van der Waals surface area (Å²) in [6.45, 7) is 6.97. The number of nitrogens with zero attached hydrogens (tertiary/aromatic N) is 10. The summed E-state index contributed by atoms with van der Waals surface area (Å²) in [5.74, 6) is 2.18. The molecule has 0 aromatic carbocycles. The van der Waals surface area contributed by atoms with Crippen molar-refractivity contribution in [3.8, 4) is 0 Å². The van der Waals surface area contributed by atoms with Crippen LogP contribution in [0.1, 0.15) is 146 Å². The quantitative estimate of drug-likeness (QED) is 0.125. The lowest BCUT2D eigenvalue weighted by Crippen LogP contribution is -2.42. The molecule has 0 saturated heterocycles. The Labute approximate surface area is 430 Å². The highest BCUT2D eigenvalue weighted by Crippen LogP contribution is 2.42. The molecule has 22 heteroatoms. The number of aliphatic imine (C=N–C) groups is 1. The van der Waals surface area contributed by atoms with Gasteiger partial charge < -0.3 is 21.7 Å². The summed E-state index contributed by atoms with van der Waals surface area (Å²) in [4.78, 5) is 94.3. The molecule has 72 heavy (non-hydrogen) atoms. The molecule has 370 valence electrons. The van der Waals surface area contributed by atoms with Gasteiger partial charge in [-0.3, -0.25) is 53.1 Å². The first-order valence-corrected chi connectivity index (χ1v) is 24.5. The highest BCUT2D eigenvalue weighted by atomic mass is 79.9. The summed E-state index contributed by atoms with van der Waals surface area (Å²) >= 11 is 15.3. The number of nitrogens with two attached hydrogens (primary N) is 1. The van der Waals surface area contributed by atoms with Crippen molar-refractivity contribution in [3.05, 3.63) is 131 Å². The van der Waals surface area contributed by atoms with Crippen molar-refractivity contribution in [1.29, 1.82) is 0 Å². The minimum atomic E-state index is -0.876. The third-order valence-corrected chi connectivity index (χ3v) is 13.9. The zero-order chi connectivity index (χ0) is 50.1. The number of carbonyl (C=O) groups excluding carboxylic acids is 3. The minimum absolute atomic E-state index is 0. The van der Waals surface area contributed by atoms with Gasteiger partial charge in [-0.15, -0.1) is 0 Å². The number of pyridine rings is 5. The zero-order valence-corrected chi connectivity index (χ0v) is 41.9. The Morgan fingerprint density at radius 2 is 1.15 bits per heavy atom. The molecule has 2 amide bonds. The molecule has 0 unspecified atom stereocenters. The van der Waals surface area contributed by atoms with Crippen LogP contribution in [0.3, 0.4) is 0 Å². The van der Waals surface area contributed by atoms with Crippen LogP contribution in [0.25, 0.3) is 21.8 Å². The Bertz CT molecular complexity index is 3550. The largest absolute Gasteiger partial charge is 0.383 e. The van der Waals surface area contributed by atoms with Crippen molar-refractivity contribution in [2.24, 2.45) is 4.99 Å². The van der Waals surface area contributed by atoms with Gasteiger partial charge in [-0.1, -0.05) is 30.6 Å². The molecule has 13 rings (SSSR count). The van der Waals surface area contributed by atoms with Crippen molar-refractivity contribution in [2.45, 2.75) is 109 Å². The van der Waals surface area contributed by atoms with Crippen LogP contribution >= 0.6 is 39.1 Å². The highest BCUT2D eigenvalue weighted by molar-refractivity contribution is 9.10. The number of aromatic nitrogens is 9. The van der Waals surface area contributed by atoms with Gasteiger partial charge in [0.05, 0.1) is 47.6 Å². The second-order valence-corrected chi connectivity index (χ2v) is 20.7. The number of carbonyl (C=O) groups is 3. The van der Waals surface area contributed by atoms with E-state index >= 15 is 0 Å². The van der Waals surface area contributed by atoms with Gasteiger partial charge in [-0.05, 0) is 112 Å². The lowest BCUT2D eigenvalue weighted by molar-refractivity contribution is 0.0925. The van der Waals surface area contributed by atoms with Crippen LogP contribution < -0.4 is 32.8 Å². The average molecular weight is 1080 g/mol. The van der Waals surface area contributed by atoms with Crippen LogP contribution in [0.5, 0.6) is 0 Å². The first-order chi connectivity index (χ1) is 33.9. The van der Waals surface area contributed by atoms with Crippen LogP contribution in [0, 0.1) is 0 Å². The number of amides is 2. The van der Waals surface area contributed by atoms with E-state index in [1.807, 2.05) is 18.2 Å². The SMILES string of the molecule is C.CC1(C)NC(=O)c2c(Cl)cc(Br)c(=O)n21.CC1(C)NC(=O)c2c(Cl)cc(Nc3ncnc4cc(C5CC5)ncc34)c(=O)n21.Nc1ncnc2cc(C3CC3)ncc12.O=C1CC=Nc2cc(C3CC3)ncc21. The van der Waals surface area contributed by atoms with E-state index in [1.54, 1.807) is 52.5 Å². The average Bonchev–Trinajstić information content (AvgIpc) is 4.18. The van der Waals surface area contributed by atoms with Gasteiger partial charge >= 0.3 is 0 Å². The fraction of sp³-hybridized carbons (Fsp3) is 0.340. The number of ketones is 1. The maximum absolute atomic E-state index is 13.1. The monoisotopic (exact) mass is 1070 g/mol. The fourth-order valence-corrected chi connectivity index (χ4v) is 9.71. The molecule has 0 spiro atoms. The Morgan fingerprint density at radius 3 is 1.74 bits per heavy atom. The van der Waals surface area contributed by atoms with Crippen LogP contribution in [0.4, 0.5) is 23.0 Å². The van der Waals surface area contributed by atoms with Gasteiger partial charge in [-0.2, -0.15) is 0 Å². The predicted molar refractivity (Wildman–Crippen MR) is 279 cm³/mol. The summed E-state index contributed by atoms with van der Waals surface area (Å²) < 4.78 is 3.08. The van der Waals surface area contributed by atoms with E-state index in [9.17, 15) is 24.0 Å². The number of Topliss-reactive ketones (excluding diaryl/α,β-unsaturated/α-hetero) is 1. The van der Waals surface area contributed by atoms with E-state index in [0.29, 0.717) is 51.2 Å². The van der Waals surface area contributed by atoms with Crippen molar-refractivity contribution in [3.63, 3.8) is 0 Å². The number of hydrogen-bond acceptors (Lipinski definition) is 15. The number of halogens is 3. The third kappa shape index (κ3) is 9.81. The summed E-state index contributed by atoms with van der Waals surface area (Å²) in [7, 11) is 0. The summed E-state index contributed by atoms with van der Waals surface area (Å²) in [6, 6.07) is 8.84. The molecule has 5 N–H and O–H groups in total. The molecular formula is C50H49BrCl2N14O5. The van der Waals surface area contributed by atoms with Crippen LogP contribution in [0.2, 0.25) is 10.0 Å². The van der Waals surface area contributed by atoms with Crippen LogP contribution in [-0.4, -0.2) is 67.8 Å². The molecule has 0 atom stereocenters. The van der Waals surface area contributed by atoms with E-state index in [0.717, 1.165) is 52.0 Å². The van der Waals surface area contributed by atoms with Gasteiger partial charge in [0.1, 0.15) is 52.7 Å². The molecule has 10 heterocycles. The Hall–Kier alpha value is -7.03. The second kappa shape index (κ2) is 19.2. The molecule has 3 aliphatic carbocycles. The number of nitrogen functional groups attached to an aromatic ring is 1. The molecule has 6 aliphatic rings. The van der Waals surface area contributed by atoms with Crippen molar-refractivity contribution < 1.29 is 14.4 Å². The second-order valence-electron chi connectivity index (χ2n) is 19.0. The number of fused-ring (bicyclic) bond motifs is 5. The molecule has 7 aromatic rings. The maximum atomic E-state index is 13.1. The van der Waals surface area contributed by atoms with Gasteiger partial charge in [-0.25, -0.2) is 19.9 Å². The van der Waals surface area contributed by atoms with Gasteiger partial charge in [0.2, 0.25) is 0 Å². The first-order valence-electron chi connectivity index (χ1n) is 22.9. The molecule has 3 aliphatic heterocycles. The van der Waals surface area contributed by atoms with E-state index < -0.39 is 11.3 Å². The Kier molecular flexibility index (Phi) is 13.3. The molecule has 0 radical (unpaired) electrons. The lowest BCUT2D eigenvalue weighted by Gasteiger charge is -2.22. The number of rotatable bonds is 5. The smallest absolute Gasteiger partial charge is 0.276 e. The van der Waals surface area contributed by atoms with Gasteiger partial charge in [0, 0.05) is 66.1 Å². The fourth-order valence-electron chi connectivity index (χ4n) is 8.61. The topological polar surface area (TPSA) is 260 Å². The standard InChI is InChI=1S/C19H17ClN6O2.C11H10N2O.C10H10N4.C9H8BrClN2O2.CH4/c1-19(2)25-17(27)15-11(20)5-14(18(28)26(15)19)24-16-10-7-21-12(9-3-4-9)6-13(10)22-8-23-16;14-11-3-4-12-10-5-9(7-1-2-7)13-6-8(10)11;11-10-7-4-12-8(6-1-2-6)3-9(7)13-5-14-10;1-9(2)12-7(14)6-5(11)3-4(10)8(15)13(6)9;/h5-9H,3-4H2,1-2H3,(H,25,27)(H,22,23,24);4-7H,1-3H2;3-6H,1-2H2,(H2,11,13,14);3H,1-2H3,(H,12,14);1H4. The van der Waals surface area contributed by atoms with Crippen molar-refractivity contribution in [2.75, 3.05) is 11.1 Å². The molecule has 0 bridgehead atoms. The van der Waals surface area contributed by atoms with E-state index in [4.69, 9.17) is 28.9 Å². The maximum Gasteiger partial charge on any atom is 0.276 e. The first kappa shape index (κ1) is 49.9. The number of hydrogen-bond donors (Lipinski definition) is 4. The molecule has 3 fully saturated rings. The normalized spacial score (nSPS) is 17.3. The lowest BCUT2D eigenvalue weighted by atomic mass is 10.1. The van der Waals surface area contributed by atoms with Gasteiger partial charge in [0.25, 0.3) is 22.9 Å². The molecular weight excluding hydrogens is 1030 g/mol. The Balaban J connectivity index is 0.000000125. The van der Waals surface area contributed by atoms with Gasteiger partial charge in [0.15, 0.2) is 5.78 Å². The van der Waals surface area contributed by atoms with Crippen molar-refractivity contribution in [1.82, 2.24) is 54.7 Å². The number of nitrogens with one attached hydrogen (secondary N) is 3. The van der Waals surface area contributed by atoms with E-state index in [1.165, 1.54) is 59.6 Å². The summed E-state index contributed by atoms with van der Waals surface area (Å²) in [6.07, 6.45) is 17.5. The van der Waals surface area contributed by atoms with E-state index in [2.05, 4.69) is 71.8 Å². The predicted octanol–water partition coefficient (Wildman–Crippen LogP) is 8.97. The van der Waals surface area contributed by atoms with E-state index in [-0.39, 0.29) is 63.3 Å². The van der Waals surface area contributed by atoms with Crippen molar-refractivity contribution >= 4 is 108 Å². The van der Waals surface area contributed by atoms with Crippen LogP contribution in [-0.2, 0) is 11.3 Å². The summed E-state index contributed by atoms with van der Waals surface area (Å²) in [5.41, 5.74) is 10.5. The van der Waals surface area contributed by atoms with Crippen LogP contribution in [0.15, 0.2) is 80.6 Å². The molecule has 19 nitrogen and oxygen atoms in total. The molecule has 7 aromatic heterocycles. The number of anilines is 3. The highest BCUT2D eigenvalue weighted by Gasteiger charge is 2.39. The minimum Gasteiger partial charge on any atom is -0.383 e. The Morgan fingerprint density at radius 1 is 0.653 bits per heavy atom. The zero-order valence-electron chi connectivity index (χ0n) is 38.8. The molecule has 3 saturated carbocycles. The summed E-state index contributed by atoms with van der Waals surface area (Å²) in [5, 5.41) is 10.5. The third-order valence-electron chi connectivity index (χ3n) is 12.7.